The second kappa shape index (κ2) is 7.90. The van der Waals surface area contributed by atoms with E-state index in [1.807, 2.05) is 25.1 Å². The number of aromatic nitrogens is 4. The average Bonchev–Trinajstić information content (AvgIpc) is 3.17. The van der Waals surface area contributed by atoms with E-state index >= 15 is 0 Å². The van der Waals surface area contributed by atoms with E-state index in [2.05, 4.69) is 15.0 Å². The molecule has 0 radical (unpaired) electrons. The minimum absolute atomic E-state index is 0.158. The van der Waals surface area contributed by atoms with Gasteiger partial charge in [0.1, 0.15) is 4.70 Å². The zero-order valence-corrected chi connectivity index (χ0v) is 17.4. The Bertz CT molecular complexity index is 1210. The summed E-state index contributed by atoms with van der Waals surface area (Å²) < 4.78 is 7.20. The van der Waals surface area contributed by atoms with Gasteiger partial charge in [-0.1, -0.05) is 29.4 Å². The zero-order chi connectivity index (χ0) is 19.7. The largest absolute Gasteiger partial charge is 0.481 e. The SMILES string of the molecule is COc1ccc(-n2c(SCc3ccc(Cl)cc3C)nc3ncsc3c2=O)cn1. The van der Waals surface area contributed by atoms with Crippen LogP contribution < -0.4 is 10.3 Å². The number of halogens is 1. The zero-order valence-electron chi connectivity index (χ0n) is 15.0. The highest BCUT2D eigenvalue weighted by molar-refractivity contribution is 7.98. The number of methoxy groups -OCH3 is 1. The molecule has 1 aromatic carbocycles. The number of thioether (sulfide) groups is 1. The number of hydrogen-bond donors (Lipinski definition) is 0. The third kappa shape index (κ3) is 3.63. The van der Waals surface area contributed by atoms with Gasteiger partial charge in [0.15, 0.2) is 10.8 Å². The highest BCUT2D eigenvalue weighted by Gasteiger charge is 2.16. The van der Waals surface area contributed by atoms with Crippen LogP contribution in [0.15, 0.2) is 52.0 Å². The highest BCUT2D eigenvalue weighted by Crippen LogP contribution is 2.27. The van der Waals surface area contributed by atoms with E-state index in [1.54, 1.807) is 35.5 Å². The van der Waals surface area contributed by atoms with E-state index in [9.17, 15) is 4.79 Å². The van der Waals surface area contributed by atoms with Crippen molar-refractivity contribution in [1.82, 2.24) is 19.5 Å². The lowest BCUT2D eigenvalue weighted by molar-refractivity contribution is 0.397. The lowest BCUT2D eigenvalue weighted by Gasteiger charge is -2.12. The molecule has 0 bridgehead atoms. The number of hydrogen-bond acceptors (Lipinski definition) is 7. The van der Waals surface area contributed by atoms with Gasteiger partial charge < -0.3 is 4.74 Å². The van der Waals surface area contributed by atoms with E-state index in [-0.39, 0.29) is 5.56 Å². The van der Waals surface area contributed by atoms with Crippen molar-refractivity contribution < 1.29 is 4.74 Å². The molecule has 0 atom stereocenters. The normalized spacial score (nSPS) is 11.1. The standard InChI is InChI=1S/C19H15ClN4O2S2/c1-11-7-13(20)4-3-12(11)9-27-19-23-17-16(28-10-22-17)18(25)24(19)14-5-6-15(26-2)21-8-14/h3-8,10H,9H2,1-2H3. The van der Waals surface area contributed by atoms with Gasteiger partial charge in [-0.3, -0.25) is 9.36 Å². The molecule has 142 valence electrons. The van der Waals surface area contributed by atoms with Crippen LogP contribution in [0.25, 0.3) is 16.0 Å². The van der Waals surface area contributed by atoms with Crippen LogP contribution in [0.3, 0.4) is 0 Å². The van der Waals surface area contributed by atoms with Gasteiger partial charge in [-0.2, -0.15) is 0 Å². The summed E-state index contributed by atoms with van der Waals surface area (Å²) in [6, 6.07) is 9.29. The van der Waals surface area contributed by atoms with Gasteiger partial charge >= 0.3 is 0 Å². The van der Waals surface area contributed by atoms with Crippen molar-refractivity contribution in [1.29, 1.82) is 0 Å². The van der Waals surface area contributed by atoms with Crippen LogP contribution in [-0.4, -0.2) is 26.6 Å². The molecule has 0 N–H and O–H groups in total. The highest BCUT2D eigenvalue weighted by atomic mass is 35.5. The Hall–Kier alpha value is -2.42. The lowest BCUT2D eigenvalue weighted by atomic mass is 10.1. The number of rotatable bonds is 5. The summed E-state index contributed by atoms with van der Waals surface area (Å²) in [5.41, 5.74) is 4.78. The molecule has 3 heterocycles. The summed E-state index contributed by atoms with van der Waals surface area (Å²) in [5, 5.41) is 1.26. The Morgan fingerprint density at radius 1 is 1.25 bits per heavy atom. The van der Waals surface area contributed by atoms with Crippen LogP contribution in [-0.2, 0) is 5.75 Å². The smallest absolute Gasteiger partial charge is 0.278 e. The molecule has 28 heavy (non-hydrogen) atoms. The van der Waals surface area contributed by atoms with Crippen LogP contribution >= 0.6 is 34.7 Å². The van der Waals surface area contributed by atoms with Crippen molar-refractivity contribution >= 4 is 45.0 Å². The summed E-state index contributed by atoms with van der Waals surface area (Å²) in [7, 11) is 1.55. The summed E-state index contributed by atoms with van der Waals surface area (Å²) >= 11 is 8.80. The van der Waals surface area contributed by atoms with Gasteiger partial charge in [0.05, 0.1) is 24.5 Å². The molecule has 4 rings (SSSR count). The summed E-state index contributed by atoms with van der Waals surface area (Å²) in [6.45, 7) is 2.01. The summed E-state index contributed by atoms with van der Waals surface area (Å²) in [6.07, 6.45) is 1.60. The van der Waals surface area contributed by atoms with E-state index < -0.39 is 0 Å². The number of nitrogens with zero attached hydrogens (tertiary/aromatic N) is 4. The van der Waals surface area contributed by atoms with Crippen molar-refractivity contribution in [3.63, 3.8) is 0 Å². The van der Waals surface area contributed by atoms with Crippen molar-refractivity contribution in [3.8, 4) is 11.6 Å². The third-order valence-corrected chi connectivity index (χ3v) is 6.21. The first kappa shape index (κ1) is 18.9. The van der Waals surface area contributed by atoms with E-state index in [0.29, 0.717) is 37.8 Å². The second-order valence-electron chi connectivity index (χ2n) is 5.96. The van der Waals surface area contributed by atoms with Crippen molar-refractivity contribution in [2.45, 2.75) is 17.8 Å². The Morgan fingerprint density at radius 3 is 2.82 bits per heavy atom. The molecule has 0 spiro atoms. The Labute approximate surface area is 174 Å². The van der Waals surface area contributed by atoms with Gasteiger partial charge in [0.25, 0.3) is 5.56 Å². The second-order valence-corrected chi connectivity index (χ2v) is 8.19. The average molecular weight is 431 g/mol. The minimum Gasteiger partial charge on any atom is -0.481 e. The molecule has 6 nitrogen and oxygen atoms in total. The van der Waals surface area contributed by atoms with E-state index in [0.717, 1.165) is 11.1 Å². The van der Waals surface area contributed by atoms with Gasteiger partial charge in [0, 0.05) is 16.8 Å². The number of aryl methyl sites for hydroxylation is 1. The number of benzene rings is 1. The molecule has 4 aromatic rings. The maximum Gasteiger partial charge on any atom is 0.278 e. The van der Waals surface area contributed by atoms with Crippen LogP contribution in [0.4, 0.5) is 0 Å². The fourth-order valence-corrected chi connectivity index (χ4v) is 4.67. The monoisotopic (exact) mass is 430 g/mol. The lowest BCUT2D eigenvalue weighted by Crippen LogP contribution is -2.21. The Kier molecular flexibility index (Phi) is 5.34. The van der Waals surface area contributed by atoms with Crippen molar-refractivity contribution in [2.24, 2.45) is 0 Å². The molecule has 0 amide bonds. The van der Waals surface area contributed by atoms with Gasteiger partial charge in [-0.25, -0.2) is 15.0 Å². The molecule has 3 aromatic heterocycles. The first-order valence-corrected chi connectivity index (χ1v) is 10.6. The van der Waals surface area contributed by atoms with Gasteiger partial charge in [0.2, 0.25) is 5.88 Å². The number of pyridine rings is 1. The number of fused-ring (bicyclic) bond motifs is 1. The molecule has 0 aliphatic rings. The van der Waals surface area contributed by atoms with Crippen LogP contribution in [0.2, 0.25) is 5.02 Å². The van der Waals surface area contributed by atoms with Crippen molar-refractivity contribution in [2.75, 3.05) is 7.11 Å². The molecule has 0 saturated heterocycles. The van der Waals surface area contributed by atoms with E-state index in [1.165, 1.54) is 23.1 Å². The van der Waals surface area contributed by atoms with Crippen LogP contribution in [0.1, 0.15) is 11.1 Å². The van der Waals surface area contributed by atoms with Crippen LogP contribution in [0.5, 0.6) is 5.88 Å². The topological polar surface area (TPSA) is 69.9 Å². The quantitative estimate of drug-likeness (QED) is 0.343. The maximum atomic E-state index is 13.1. The van der Waals surface area contributed by atoms with Gasteiger partial charge in [-0.05, 0) is 36.2 Å². The predicted molar refractivity (Wildman–Crippen MR) is 113 cm³/mol. The molecule has 0 fully saturated rings. The fraction of sp³-hybridized carbons (Fsp3) is 0.158. The Morgan fingerprint density at radius 2 is 2.11 bits per heavy atom. The molecular formula is C19H15ClN4O2S2. The molecule has 0 aliphatic heterocycles. The summed E-state index contributed by atoms with van der Waals surface area (Å²) in [4.78, 5) is 26.1. The maximum absolute atomic E-state index is 13.1. The minimum atomic E-state index is -0.158. The molecule has 0 unspecified atom stereocenters. The third-order valence-electron chi connectivity index (χ3n) is 4.19. The molecule has 0 saturated carbocycles. The first-order valence-electron chi connectivity index (χ1n) is 8.31. The van der Waals surface area contributed by atoms with Crippen LogP contribution in [0, 0.1) is 6.92 Å². The number of thiazole rings is 1. The molecule has 0 aliphatic carbocycles. The molecular weight excluding hydrogens is 416 g/mol. The van der Waals surface area contributed by atoms with Crippen molar-refractivity contribution in [3.05, 3.63) is 68.5 Å². The Balaban J connectivity index is 1.78. The summed E-state index contributed by atoms with van der Waals surface area (Å²) in [5.74, 6) is 1.13. The predicted octanol–water partition coefficient (Wildman–Crippen LogP) is 4.50. The number of ether oxygens (including phenoxy) is 1. The fourth-order valence-electron chi connectivity index (χ4n) is 2.71. The first-order chi connectivity index (χ1) is 13.6. The van der Waals surface area contributed by atoms with E-state index in [4.69, 9.17) is 16.3 Å². The molecule has 9 heteroatoms. The van der Waals surface area contributed by atoms with Gasteiger partial charge in [-0.15, -0.1) is 11.3 Å².